The number of hydrogen-bond donors (Lipinski definition) is 4. The van der Waals surface area contributed by atoms with E-state index >= 15 is 0 Å². The van der Waals surface area contributed by atoms with E-state index in [4.69, 9.17) is 0 Å². The van der Waals surface area contributed by atoms with E-state index in [9.17, 15) is 19.5 Å². The Bertz CT molecular complexity index is 1080. The normalized spacial score (nSPS) is 11.8. The number of aromatic amines is 2. The summed E-state index contributed by atoms with van der Waals surface area (Å²) in [6, 6.07) is 15.5. The maximum Gasteiger partial charge on any atom is 0.325 e. The Morgan fingerprint density at radius 1 is 1.07 bits per heavy atom. The highest BCUT2D eigenvalue weighted by Crippen LogP contribution is 2.23. The molecule has 1 atom stereocenters. The van der Waals surface area contributed by atoms with Gasteiger partial charge in [-0.1, -0.05) is 49.4 Å². The lowest BCUT2D eigenvalue weighted by atomic mass is 9.96. The van der Waals surface area contributed by atoms with E-state index in [0.29, 0.717) is 12.1 Å². The summed E-state index contributed by atoms with van der Waals surface area (Å²) in [4.78, 5) is 39.3. The summed E-state index contributed by atoms with van der Waals surface area (Å²) in [5.74, 6) is -0.497. The van der Waals surface area contributed by atoms with E-state index in [0.717, 1.165) is 16.7 Å². The van der Waals surface area contributed by atoms with Gasteiger partial charge in [-0.05, 0) is 35.6 Å². The molecule has 1 unspecified atom stereocenters. The number of H-pyrrole nitrogens is 2. The molecule has 0 fully saturated rings. The van der Waals surface area contributed by atoms with Crippen LogP contribution < -0.4 is 11.0 Å². The Balaban J connectivity index is 1.60. The maximum absolute atomic E-state index is 12.1. The summed E-state index contributed by atoms with van der Waals surface area (Å²) >= 11 is 0. The SMILES string of the molecule is CC(=O)c1cccc(-c2ccc(C(C)CNC(=O)Cc3[nH]c(=O)[nH]c3O)cc2)c1. The minimum Gasteiger partial charge on any atom is -0.493 e. The monoisotopic (exact) mass is 393 g/mol. The zero-order valence-electron chi connectivity index (χ0n) is 16.3. The zero-order valence-corrected chi connectivity index (χ0v) is 16.3. The van der Waals surface area contributed by atoms with Crippen LogP contribution >= 0.6 is 0 Å². The molecule has 4 N–H and O–H groups in total. The number of amides is 1. The van der Waals surface area contributed by atoms with Gasteiger partial charge in [0.15, 0.2) is 5.78 Å². The molecule has 3 rings (SSSR count). The molecule has 1 aromatic heterocycles. The van der Waals surface area contributed by atoms with Crippen LogP contribution in [0.25, 0.3) is 11.1 Å². The van der Waals surface area contributed by atoms with Crippen LogP contribution in [0.3, 0.4) is 0 Å². The molecule has 0 radical (unpaired) electrons. The van der Waals surface area contributed by atoms with Crippen molar-refractivity contribution in [2.75, 3.05) is 6.54 Å². The topological polar surface area (TPSA) is 115 Å². The van der Waals surface area contributed by atoms with Gasteiger partial charge in [0, 0.05) is 12.1 Å². The average molecular weight is 393 g/mol. The van der Waals surface area contributed by atoms with Crippen LogP contribution in [-0.2, 0) is 11.2 Å². The second kappa shape index (κ2) is 8.60. The molecule has 7 nitrogen and oxygen atoms in total. The Kier molecular flexibility index (Phi) is 5.97. The average Bonchev–Trinajstić information content (AvgIpc) is 3.03. The number of aromatic hydroxyl groups is 1. The molecule has 1 amide bonds. The fraction of sp³-hybridized carbons (Fsp3) is 0.227. The smallest absolute Gasteiger partial charge is 0.325 e. The molecule has 29 heavy (non-hydrogen) atoms. The summed E-state index contributed by atoms with van der Waals surface area (Å²) in [7, 11) is 0. The van der Waals surface area contributed by atoms with Gasteiger partial charge < -0.3 is 15.4 Å². The molecular formula is C22H23N3O4. The summed E-state index contributed by atoms with van der Waals surface area (Å²) < 4.78 is 0. The highest BCUT2D eigenvalue weighted by molar-refractivity contribution is 5.95. The van der Waals surface area contributed by atoms with E-state index in [1.165, 1.54) is 0 Å². The molecule has 0 saturated carbocycles. The van der Waals surface area contributed by atoms with Gasteiger partial charge in [0.2, 0.25) is 11.8 Å². The maximum atomic E-state index is 12.1. The molecule has 3 aromatic rings. The molecule has 0 saturated heterocycles. The van der Waals surface area contributed by atoms with Crippen molar-refractivity contribution in [1.82, 2.24) is 15.3 Å². The van der Waals surface area contributed by atoms with Crippen molar-refractivity contribution in [2.45, 2.75) is 26.2 Å². The second-order valence-corrected chi connectivity index (χ2v) is 7.05. The van der Waals surface area contributed by atoms with Crippen molar-refractivity contribution in [3.8, 4) is 17.0 Å². The number of rotatable bonds is 7. The summed E-state index contributed by atoms with van der Waals surface area (Å²) in [6.45, 7) is 3.97. The number of carbonyl (C=O) groups excluding carboxylic acids is 2. The molecule has 0 aliphatic rings. The molecule has 0 aliphatic heterocycles. The molecular weight excluding hydrogens is 370 g/mol. The number of hydrogen-bond acceptors (Lipinski definition) is 4. The third kappa shape index (κ3) is 5.01. The van der Waals surface area contributed by atoms with Gasteiger partial charge in [0.1, 0.15) is 0 Å². The third-order valence-corrected chi connectivity index (χ3v) is 4.81. The van der Waals surface area contributed by atoms with Crippen LogP contribution in [0.15, 0.2) is 53.3 Å². The standard InChI is InChI=1S/C22H23N3O4/c1-13(12-23-20(27)11-19-21(28)25-22(29)24-19)15-6-8-16(9-7-15)18-5-3-4-17(10-18)14(2)26/h3-10,13,28H,11-12H2,1-2H3,(H,23,27)(H2,24,25,29). The van der Waals surface area contributed by atoms with E-state index in [1.54, 1.807) is 13.0 Å². The number of nitrogens with one attached hydrogen (secondary N) is 3. The number of aromatic nitrogens is 2. The first-order valence-corrected chi connectivity index (χ1v) is 9.31. The van der Waals surface area contributed by atoms with Gasteiger partial charge in [-0.15, -0.1) is 0 Å². The highest BCUT2D eigenvalue weighted by Gasteiger charge is 2.13. The third-order valence-electron chi connectivity index (χ3n) is 4.81. The fourth-order valence-corrected chi connectivity index (χ4v) is 3.07. The van der Waals surface area contributed by atoms with Crippen LogP contribution in [0, 0.1) is 0 Å². The van der Waals surface area contributed by atoms with E-state index in [2.05, 4.69) is 15.3 Å². The largest absolute Gasteiger partial charge is 0.493 e. The zero-order chi connectivity index (χ0) is 21.0. The quantitative estimate of drug-likeness (QED) is 0.462. The molecule has 0 bridgehead atoms. The summed E-state index contributed by atoms with van der Waals surface area (Å²) in [6.07, 6.45) is -0.108. The van der Waals surface area contributed by atoms with Crippen LogP contribution in [-0.4, -0.2) is 33.3 Å². The van der Waals surface area contributed by atoms with Crippen LogP contribution in [0.4, 0.5) is 0 Å². The van der Waals surface area contributed by atoms with Crippen LogP contribution in [0.1, 0.15) is 41.4 Å². The predicted molar refractivity (Wildman–Crippen MR) is 110 cm³/mol. The van der Waals surface area contributed by atoms with Crippen molar-refractivity contribution >= 4 is 11.7 Å². The van der Waals surface area contributed by atoms with Gasteiger partial charge in [0.25, 0.3) is 0 Å². The number of imidazole rings is 1. The Morgan fingerprint density at radius 3 is 2.41 bits per heavy atom. The van der Waals surface area contributed by atoms with Gasteiger partial charge in [-0.2, -0.15) is 0 Å². The minimum absolute atomic E-state index is 0.0323. The van der Waals surface area contributed by atoms with Crippen molar-refractivity contribution in [2.24, 2.45) is 0 Å². The molecule has 0 spiro atoms. The number of ketones is 1. The summed E-state index contributed by atoms with van der Waals surface area (Å²) in [5.41, 5.74) is 3.35. The Labute approximate surface area is 167 Å². The van der Waals surface area contributed by atoms with Gasteiger partial charge in [-0.3, -0.25) is 14.6 Å². The van der Waals surface area contributed by atoms with Crippen molar-refractivity contribution in [1.29, 1.82) is 0 Å². The predicted octanol–water partition coefficient (Wildman–Crippen LogP) is 2.74. The van der Waals surface area contributed by atoms with Gasteiger partial charge in [0.05, 0.1) is 12.1 Å². The molecule has 7 heteroatoms. The Hall–Kier alpha value is -3.61. The minimum atomic E-state index is -0.549. The van der Waals surface area contributed by atoms with Crippen LogP contribution in [0.5, 0.6) is 5.88 Å². The number of carbonyl (C=O) groups is 2. The molecule has 2 aromatic carbocycles. The highest BCUT2D eigenvalue weighted by atomic mass is 16.3. The molecule has 150 valence electrons. The molecule has 1 heterocycles. The van der Waals surface area contributed by atoms with E-state index in [-0.39, 0.29) is 35.6 Å². The van der Waals surface area contributed by atoms with Crippen LogP contribution in [0.2, 0.25) is 0 Å². The first-order valence-electron chi connectivity index (χ1n) is 9.31. The van der Waals surface area contributed by atoms with Crippen molar-refractivity contribution in [3.63, 3.8) is 0 Å². The lowest BCUT2D eigenvalue weighted by molar-refractivity contribution is -0.120. The number of Topliss-reactive ketones (excluding diaryl/α,β-unsaturated/α-hetero) is 1. The van der Waals surface area contributed by atoms with Gasteiger partial charge >= 0.3 is 5.69 Å². The van der Waals surface area contributed by atoms with Crippen molar-refractivity contribution in [3.05, 3.63) is 75.8 Å². The van der Waals surface area contributed by atoms with E-state index < -0.39 is 5.69 Å². The fourth-order valence-electron chi connectivity index (χ4n) is 3.07. The van der Waals surface area contributed by atoms with Crippen molar-refractivity contribution < 1.29 is 14.7 Å². The Morgan fingerprint density at radius 2 is 1.79 bits per heavy atom. The van der Waals surface area contributed by atoms with E-state index in [1.807, 2.05) is 49.4 Å². The summed E-state index contributed by atoms with van der Waals surface area (Å²) in [5, 5.41) is 12.3. The van der Waals surface area contributed by atoms with Gasteiger partial charge in [-0.25, -0.2) is 4.79 Å². The molecule has 0 aliphatic carbocycles. The second-order valence-electron chi connectivity index (χ2n) is 7.05. The first-order chi connectivity index (χ1) is 13.8. The number of benzene rings is 2. The lowest BCUT2D eigenvalue weighted by Gasteiger charge is -2.14. The first kappa shape index (κ1) is 20.1. The lowest BCUT2D eigenvalue weighted by Crippen LogP contribution is -2.29.